The van der Waals surface area contributed by atoms with Gasteiger partial charge in [-0.2, -0.15) is 4.90 Å². The zero-order valence-electron chi connectivity index (χ0n) is 16.1. The summed E-state index contributed by atoms with van der Waals surface area (Å²) in [5.41, 5.74) is 5.04. The number of likely N-dealkylation sites (tertiary alicyclic amines) is 1. The second-order valence-corrected chi connectivity index (χ2v) is 9.23. The summed E-state index contributed by atoms with van der Waals surface area (Å²) in [4.78, 5) is 40.6. The first kappa shape index (κ1) is 16.6. The molecular weight excluding hydrogens is 378 g/mol. The normalized spacial score (nSPS) is 42.7. The lowest BCUT2D eigenvalue weighted by atomic mass is 9.47. The number of allylic oxidation sites excluding steroid dienone is 5. The van der Waals surface area contributed by atoms with E-state index in [1.54, 1.807) is 0 Å². The quantitative estimate of drug-likeness (QED) is 0.568. The molecule has 2 bridgehead atoms. The first-order valence-electron chi connectivity index (χ1n) is 10.6. The Labute approximate surface area is 173 Å². The monoisotopic (exact) mass is 397 g/mol. The molecule has 1 spiro atoms. The molecular formula is C25H19NO4. The third-order valence-corrected chi connectivity index (χ3v) is 8.35. The van der Waals surface area contributed by atoms with Crippen molar-refractivity contribution in [3.8, 4) is 0 Å². The van der Waals surface area contributed by atoms with Crippen LogP contribution in [-0.2, 0) is 20.9 Å². The van der Waals surface area contributed by atoms with E-state index < -0.39 is 17.9 Å². The fourth-order valence-corrected chi connectivity index (χ4v) is 7.49. The van der Waals surface area contributed by atoms with Crippen molar-refractivity contribution in [2.75, 3.05) is 0 Å². The first-order valence-corrected chi connectivity index (χ1v) is 10.6. The van der Waals surface area contributed by atoms with Gasteiger partial charge >= 0.3 is 6.09 Å². The zero-order chi connectivity index (χ0) is 20.2. The molecule has 3 amide bonds. The molecule has 30 heavy (non-hydrogen) atoms. The van der Waals surface area contributed by atoms with Crippen molar-refractivity contribution in [1.82, 2.24) is 4.90 Å². The van der Waals surface area contributed by atoms with Gasteiger partial charge in [-0.3, -0.25) is 9.59 Å². The van der Waals surface area contributed by atoms with E-state index >= 15 is 0 Å². The molecule has 1 aromatic rings. The number of hydrogen-bond donors (Lipinski definition) is 0. The van der Waals surface area contributed by atoms with E-state index in [9.17, 15) is 14.4 Å². The Kier molecular flexibility index (Phi) is 2.93. The number of hydrogen-bond acceptors (Lipinski definition) is 4. The van der Waals surface area contributed by atoms with E-state index in [1.807, 2.05) is 30.3 Å². The van der Waals surface area contributed by atoms with Gasteiger partial charge in [-0.15, -0.1) is 5.73 Å². The second-order valence-electron chi connectivity index (χ2n) is 9.23. The smallest absolute Gasteiger partial charge is 0.423 e. The average Bonchev–Trinajstić information content (AvgIpc) is 3.09. The van der Waals surface area contributed by atoms with Crippen molar-refractivity contribution in [3.63, 3.8) is 0 Å². The topological polar surface area (TPSA) is 63.7 Å². The summed E-state index contributed by atoms with van der Waals surface area (Å²) in [7, 11) is 0. The van der Waals surface area contributed by atoms with Crippen LogP contribution in [-0.4, -0.2) is 22.8 Å². The van der Waals surface area contributed by atoms with Crippen LogP contribution in [0.3, 0.4) is 0 Å². The lowest BCUT2D eigenvalue weighted by Crippen LogP contribution is -2.55. The number of benzene rings is 1. The van der Waals surface area contributed by atoms with Crippen LogP contribution in [0.4, 0.5) is 4.79 Å². The van der Waals surface area contributed by atoms with Crippen molar-refractivity contribution in [2.24, 2.45) is 46.8 Å². The largest absolute Gasteiger partial charge is 0.444 e. The van der Waals surface area contributed by atoms with Crippen LogP contribution >= 0.6 is 0 Å². The van der Waals surface area contributed by atoms with Gasteiger partial charge in [-0.25, -0.2) is 4.79 Å². The van der Waals surface area contributed by atoms with Gasteiger partial charge in [0, 0.05) is 11.3 Å². The van der Waals surface area contributed by atoms with Crippen LogP contribution in [0.15, 0.2) is 72.0 Å². The van der Waals surface area contributed by atoms with E-state index in [4.69, 9.17) is 4.74 Å². The number of nitrogens with zero attached hydrogens (tertiary/aromatic N) is 1. The Balaban J connectivity index is 1.25. The van der Waals surface area contributed by atoms with E-state index in [0.29, 0.717) is 5.92 Å². The Morgan fingerprint density at radius 1 is 1.07 bits per heavy atom. The second kappa shape index (κ2) is 5.30. The van der Waals surface area contributed by atoms with Crippen molar-refractivity contribution >= 4 is 17.9 Å². The average molecular weight is 397 g/mol. The molecule has 0 radical (unpaired) electrons. The fraction of sp³-hybridized carbons (Fsp3) is 0.360. The van der Waals surface area contributed by atoms with Crippen molar-refractivity contribution < 1.29 is 19.1 Å². The lowest BCUT2D eigenvalue weighted by Gasteiger charge is -2.52. The molecule has 6 aliphatic carbocycles. The molecule has 5 heteroatoms. The molecule has 0 N–H and O–H groups in total. The van der Waals surface area contributed by atoms with Gasteiger partial charge in [0.05, 0.1) is 11.8 Å². The summed E-state index contributed by atoms with van der Waals surface area (Å²) >= 11 is 0. The van der Waals surface area contributed by atoms with Gasteiger partial charge in [0.1, 0.15) is 6.61 Å². The third-order valence-electron chi connectivity index (χ3n) is 8.35. The molecule has 8 rings (SSSR count). The van der Waals surface area contributed by atoms with Gasteiger partial charge in [-0.1, -0.05) is 54.1 Å². The van der Waals surface area contributed by atoms with Crippen LogP contribution in [0.5, 0.6) is 0 Å². The summed E-state index contributed by atoms with van der Waals surface area (Å²) in [5, 5.41) is 0. The Morgan fingerprint density at radius 3 is 2.73 bits per heavy atom. The van der Waals surface area contributed by atoms with Gasteiger partial charge in [0.2, 0.25) is 11.8 Å². The summed E-state index contributed by atoms with van der Waals surface area (Å²) < 4.78 is 5.37. The minimum Gasteiger partial charge on any atom is -0.444 e. The fourth-order valence-electron chi connectivity index (χ4n) is 7.49. The van der Waals surface area contributed by atoms with Crippen LogP contribution in [0.2, 0.25) is 0 Å². The Hall–Kier alpha value is -3.17. The Morgan fingerprint density at radius 2 is 1.90 bits per heavy atom. The highest BCUT2D eigenvalue weighted by molar-refractivity contribution is 6.16. The van der Waals surface area contributed by atoms with Crippen LogP contribution in [0.1, 0.15) is 5.56 Å². The SMILES string of the molecule is O=C(OCc1ccccc1)N1C(=O)C2C(C1=O)C13C4=CC=CC(C41)[C@H]2C1C=C=CC13. The van der Waals surface area contributed by atoms with Gasteiger partial charge in [-0.05, 0) is 41.4 Å². The lowest BCUT2D eigenvalue weighted by molar-refractivity contribution is -0.139. The Bertz CT molecular complexity index is 1160. The third kappa shape index (κ3) is 1.67. The minimum absolute atomic E-state index is 0.0314. The van der Waals surface area contributed by atoms with E-state index in [0.717, 1.165) is 10.5 Å². The molecule has 0 aromatic heterocycles. The summed E-state index contributed by atoms with van der Waals surface area (Å²) in [6.07, 6.45) is 9.75. The maximum atomic E-state index is 13.5. The predicted molar refractivity (Wildman–Crippen MR) is 105 cm³/mol. The van der Waals surface area contributed by atoms with E-state index in [1.165, 1.54) is 5.57 Å². The number of amides is 3. The van der Waals surface area contributed by atoms with Crippen molar-refractivity contribution in [1.29, 1.82) is 0 Å². The molecule has 5 fully saturated rings. The zero-order valence-corrected chi connectivity index (χ0v) is 16.1. The number of ether oxygens (including phenoxy) is 1. The maximum absolute atomic E-state index is 13.5. The highest BCUT2D eigenvalue weighted by Crippen LogP contribution is 2.84. The van der Waals surface area contributed by atoms with Crippen LogP contribution in [0, 0.1) is 46.8 Å². The van der Waals surface area contributed by atoms with E-state index in [2.05, 4.69) is 36.1 Å². The number of imide groups is 3. The van der Waals surface area contributed by atoms with Crippen molar-refractivity contribution in [2.45, 2.75) is 6.61 Å². The molecule has 7 unspecified atom stereocenters. The molecule has 1 aliphatic heterocycles. The van der Waals surface area contributed by atoms with Crippen molar-refractivity contribution in [3.05, 3.63) is 77.6 Å². The number of rotatable bonds is 2. The minimum atomic E-state index is -0.845. The predicted octanol–water partition coefficient (Wildman–Crippen LogP) is 3.25. The van der Waals surface area contributed by atoms with Gasteiger partial charge in [0.15, 0.2) is 0 Å². The number of carbonyl (C=O) groups excluding carboxylic acids is 3. The van der Waals surface area contributed by atoms with Crippen LogP contribution < -0.4 is 0 Å². The molecule has 4 saturated carbocycles. The van der Waals surface area contributed by atoms with Crippen LogP contribution in [0.25, 0.3) is 0 Å². The van der Waals surface area contributed by atoms with Gasteiger partial charge < -0.3 is 4.74 Å². The number of carbonyl (C=O) groups is 3. The highest BCUT2D eigenvalue weighted by Gasteiger charge is 2.85. The summed E-state index contributed by atoms with van der Waals surface area (Å²) in [6.45, 7) is 0.0382. The molecule has 148 valence electrons. The summed E-state index contributed by atoms with van der Waals surface area (Å²) in [5.74, 6) is -0.655. The molecule has 8 atom stereocenters. The standard InChI is InChI=1S/C25H19NO4/c27-22-19-18-14-8-4-10-16(14)25(17-11-5-9-15(18)20(17)25)21(19)23(28)26(22)24(29)30-12-13-6-2-1-3-7-13/h1-3,5-11,14-16,18-21H,12H2/t14?,15?,16?,18-,19?,20?,21?,25?/m1/s1. The van der Waals surface area contributed by atoms with Gasteiger partial charge in [0.25, 0.3) is 0 Å². The molecule has 1 saturated heterocycles. The molecule has 1 aromatic carbocycles. The highest BCUT2D eigenvalue weighted by atomic mass is 16.6. The van der Waals surface area contributed by atoms with E-state index in [-0.39, 0.29) is 47.5 Å². The molecule has 1 heterocycles. The molecule has 7 aliphatic rings. The maximum Gasteiger partial charge on any atom is 0.423 e. The first-order chi connectivity index (χ1) is 14.7. The molecule has 5 nitrogen and oxygen atoms in total. The summed E-state index contributed by atoms with van der Waals surface area (Å²) in [6, 6.07) is 9.27.